The summed E-state index contributed by atoms with van der Waals surface area (Å²) >= 11 is 11.9. The molecular weight excluding hydrogens is 312 g/mol. The summed E-state index contributed by atoms with van der Waals surface area (Å²) in [5, 5.41) is 4.12. The predicted octanol–water partition coefficient (Wildman–Crippen LogP) is 5.60. The molecule has 21 heavy (non-hydrogen) atoms. The van der Waals surface area contributed by atoms with Crippen LogP contribution in [0, 0.1) is 5.82 Å². The van der Waals surface area contributed by atoms with Crippen LogP contribution in [-0.4, -0.2) is 6.54 Å². The third-order valence-corrected chi connectivity index (χ3v) is 3.47. The van der Waals surface area contributed by atoms with Gasteiger partial charge in [0.1, 0.15) is 5.75 Å². The van der Waals surface area contributed by atoms with Gasteiger partial charge in [-0.05, 0) is 37.7 Å². The highest BCUT2D eigenvalue weighted by Crippen LogP contribution is 2.34. The van der Waals surface area contributed by atoms with Crippen LogP contribution in [0.25, 0.3) is 0 Å². The number of hydrogen-bond donors (Lipinski definition) is 1. The Morgan fingerprint density at radius 2 is 1.86 bits per heavy atom. The van der Waals surface area contributed by atoms with Crippen LogP contribution in [0.5, 0.6) is 11.5 Å². The van der Waals surface area contributed by atoms with Crippen molar-refractivity contribution in [2.45, 2.75) is 19.9 Å². The van der Waals surface area contributed by atoms with Crippen LogP contribution in [0.2, 0.25) is 10.0 Å². The third-order valence-electron chi connectivity index (χ3n) is 3.03. The smallest absolute Gasteiger partial charge is 0.167 e. The zero-order valence-electron chi connectivity index (χ0n) is 11.8. The molecule has 0 bridgehead atoms. The lowest BCUT2D eigenvalue weighted by molar-refractivity contribution is 0.426. The summed E-state index contributed by atoms with van der Waals surface area (Å²) in [6.45, 7) is 4.73. The van der Waals surface area contributed by atoms with Gasteiger partial charge >= 0.3 is 0 Å². The largest absolute Gasteiger partial charge is 0.454 e. The maximum Gasteiger partial charge on any atom is 0.167 e. The molecule has 0 heterocycles. The topological polar surface area (TPSA) is 21.3 Å². The fourth-order valence-electron chi connectivity index (χ4n) is 2.10. The van der Waals surface area contributed by atoms with Gasteiger partial charge in [0.15, 0.2) is 11.6 Å². The van der Waals surface area contributed by atoms with Gasteiger partial charge in [-0.15, -0.1) is 0 Å². The SMILES string of the molecule is CCNC(C)c1cccc(F)c1Oc1cc(Cl)cc(Cl)c1. The number of benzene rings is 2. The van der Waals surface area contributed by atoms with E-state index in [-0.39, 0.29) is 11.8 Å². The summed E-state index contributed by atoms with van der Waals surface area (Å²) in [6.07, 6.45) is 0. The van der Waals surface area contributed by atoms with E-state index in [4.69, 9.17) is 27.9 Å². The first kappa shape index (κ1) is 16.1. The van der Waals surface area contributed by atoms with Gasteiger partial charge in [-0.2, -0.15) is 0 Å². The average molecular weight is 328 g/mol. The molecule has 0 spiro atoms. The molecule has 2 aromatic rings. The van der Waals surface area contributed by atoms with Crippen molar-refractivity contribution in [1.29, 1.82) is 0 Å². The van der Waals surface area contributed by atoms with Crippen molar-refractivity contribution in [2.75, 3.05) is 6.54 Å². The minimum atomic E-state index is -0.423. The van der Waals surface area contributed by atoms with E-state index in [1.165, 1.54) is 6.07 Å². The second-order valence-electron chi connectivity index (χ2n) is 4.64. The first-order valence-corrected chi connectivity index (χ1v) is 7.42. The first-order valence-electron chi connectivity index (χ1n) is 6.67. The van der Waals surface area contributed by atoms with Crippen molar-refractivity contribution < 1.29 is 9.13 Å². The minimum absolute atomic E-state index is 0.0321. The van der Waals surface area contributed by atoms with Crippen LogP contribution in [0.15, 0.2) is 36.4 Å². The fourth-order valence-corrected chi connectivity index (χ4v) is 2.60. The van der Waals surface area contributed by atoms with Crippen molar-refractivity contribution in [3.63, 3.8) is 0 Å². The lowest BCUT2D eigenvalue weighted by Crippen LogP contribution is -2.18. The van der Waals surface area contributed by atoms with E-state index in [1.807, 2.05) is 19.9 Å². The van der Waals surface area contributed by atoms with E-state index in [0.29, 0.717) is 15.8 Å². The molecule has 0 aliphatic heterocycles. The Balaban J connectivity index is 2.38. The highest BCUT2D eigenvalue weighted by Gasteiger charge is 2.16. The van der Waals surface area contributed by atoms with Crippen molar-refractivity contribution in [1.82, 2.24) is 5.32 Å². The maximum absolute atomic E-state index is 14.1. The molecule has 0 amide bonds. The Bertz CT molecular complexity index is 613. The molecule has 2 nitrogen and oxygen atoms in total. The highest BCUT2D eigenvalue weighted by molar-refractivity contribution is 6.34. The monoisotopic (exact) mass is 327 g/mol. The molecule has 0 saturated carbocycles. The van der Waals surface area contributed by atoms with Crippen LogP contribution < -0.4 is 10.1 Å². The van der Waals surface area contributed by atoms with E-state index < -0.39 is 5.82 Å². The second kappa shape index (κ2) is 7.12. The van der Waals surface area contributed by atoms with Crippen molar-refractivity contribution in [2.24, 2.45) is 0 Å². The molecule has 1 atom stereocenters. The summed E-state index contributed by atoms with van der Waals surface area (Å²) < 4.78 is 19.8. The maximum atomic E-state index is 14.1. The molecule has 0 radical (unpaired) electrons. The molecule has 0 saturated heterocycles. The van der Waals surface area contributed by atoms with Gasteiger partial charge in [0, 0.05) is 21.7 Å². The summed E-state index contributed by atoms with van der Waals surface area (Å²) in [5.74, 6) is 0.167. The Morgan fingerprint density at radius 3 is 2.48 bits per heavy atom. The van der Waals surface area contributed by atoms with Gasteiger partial charge in [0.25, 0.3) is 0 Å². The fraction of sp³-hybridized carbons (Fsp3) is 0.250. The van der Waals surface area contributed by atoms with Gasteiger partial charge in [0.2, 0.25) is 0 Å². The number of ether oxygens (including phenoxy) is 1. The van der Waals surface area contributed by atoms with Crippen LogP contribution in [0.3, 0.4) is 0 Å². The van der Waals surface area contributed by atoms with Crippen molar-refractivity contribution in [3.05, 3.63) is 57.8 Å². The lowest BCUT2D eigenvalue weighted by Gasteiger charge is -2.18. The molecule has 0 fully saturated rings. The predicted molar refractivity (Wildman–Crippen MR) is 85.0 cm³/mol. The number of rotatable bonds is 5. The number of halogens is 3. The number of hydrogen-bond acceptors (Lipinski definition) is 2. The van der Waals surface area contributed by atoms with Gasteiger partial charge in [-0.25, -0.2) is 4.39 Å². The summed E-state index contributed by atoms with van der Waals surface area (Å²) in [4.78, 5) is 0. The molecular formula is C16H16Cl2FNO. The first-order chi connectivity index (χ1) is 10.0. The Labute approximate surface area is 133 Å². The van der Waals surface area contributed by atoms with E-state index in [0.717, 1.165) is 12.1 Å². The van der Waals surface area contributed by atoms with Crippen LogP contribution in [0.1, 0.15) is 25.5 Å². The zero-order valence-corrected chi connectivity index (χ0v) is 13.3. The standard InChI is InChI=1S/C16H16Cl2FNO/c1-3-20-10(2)14-5-4-6-15(19)16(14)21-13-8-11(17)7-12(18)9-13/h4-10,20H,3H2,1-2H3. The third kappa shape index (κ3) is 4.10. The second-order valence-corrected chi connectivity index (χ2v) is 5.52. The van der Waals surface area contributed by atoms with E-state index >= 15 is 0 Å². The van der Waals surface area contributed by atoms with Crippen molar-refractivity contribution >= 4 is 23.2 Å². The van der Waals surface area contributed by atoms with E-state index in [2.05, 4.69) is 5.32 Å². The van der Waals surface area contributed by atoms with E-state index in [9.17, 15) is 4.39 Å². The normalized spacial score (nSPS) is 12.2. The van der Waals surface area contributed by atoms with Crippen molar-refractivity contribution in [3.8, 4) is 11.5 Å². The van der Waals surface area contributed by atoms with Gasteiger partial charge in [-0.3, -0.25) is 0 Å². The van der Waals surface area contributed by atoms with Gasteiger partial charge in [-0.1, -0.05) is 42.3 Å². The van der Waals surface area contributed by atoms with E-state index in [1.54, 1.807) is 24.3 Å². The number of nitrogens with one attached hydrogen (secondary N) is 1. The van der Waals surface area contributed by atoms with Crippen LogP contribution in [0.4, 0.5) is 4.39 Å². The Hall–Kier alpha value is -1.29. The summed E-state index contributed by atoms with van der Waals surface area (Å²) in [6, 6.07) is 9.62. The molecule has 112 valence electrons. The average Bonchev–Trinajstić information content (AvgIpc) is 2.40. The lowest BCUT2D eigenvalue weighted by atomic mass is 10.1. The molecule has 1 unspecified atom stereocenters. The Morgan fingerprint density at radius 1 is 1.19 bits per heavy atom. The molecule has 0 aromatic heterocycles. The Kier molecular flexibility index (Phi) is 5.45. The summed E-state index contributed by atoms with van der Waals surface area (Å²) in [5.41, 5.74) is 0.743. The van der Waals surface area contributed by atoms with Gasteiger partial charge < -0.3 is 10.1 Å². The van der Waals surface area contributed by atoms with Crippen LogP contribution in [-0.2, 0) is 0 Å². The molecule has 2 rings (SSSR count). The molecule has 2 aromatic carbocycles. The molecule has 0 aliphatic rings. The van der Waals surface area contributed by atoms with Gasteiger partial charge in [0.05, 0.1) is 0 Å². The minimum Gasteiger partial charge on any atom is -0.454 e. The number of para-hydroxylation sites is 1. The highest BCUT2D eigenvalue weighted by atomic mass is 35.5. The quantitative estimate of drug-likeness (QED) is 0.772. The molecule has 1 N–H and O–H groups in total. The summed E-state index contributed by atoms with van der Waals surface area (Å²) in [7, 11) is 0. The van der Waals surface area contributed by atoms with Crippen LogP contribution >= 0.6 is 23.2 Å². The molecule has 0 aliphatic carbocycles. The zero-order chi connectivity index (χ0) is 15.4. The molecule has 5 heteroatoms.